The van der Waals surface area contributed by atoms with E-state index in [1.807, 2.05) is 13.8 Å². The highest BCUT2D eigenvalue weighted by Gasteiger charge is 2.37. The number of carbonyl (C=O) groups is 5. The van der Waals surface area contributed by atoms with Crippen molar-refractivity contribution < 1.29 is 34.2 Å². The second kappa shape index (κ2) is 11.5. The van der Waals surface area contributed by atoms with Crippen LogP contribution in [0, 0.1) is 5.92 Å². The van der Waals surface area contributed by atoms with Gasteiger partial charge >= 0.3 is 11.9 Å². The van der Waals surface area contributed by atoms with Gasteiger partial charge in [-0.1, -0.05) is 13.8 Å². The number of carboxylic acid groups (broad SMARTS) is 2. The van der Waals surface area contributed by atoms with E-state index in [1.54, 1.807) is 0 Å². The van der Waals surface area contributed by atoms with Gasteiger partial charge < -0.3 is 31.5 Å². The molecule has 1 heterocycles. The van der Waals surface area contributed by atoms with Crippen LogP contribution in [0.25, 0.3) is 0 Å². The quantitative estimate of drug-likeness (QED) is 0.286. The highest BCUT2D eigenvalue weighted by molar-refractivity contribution is 5.94. The lowest BCUT2D eigenvalue weighted by atomic mass is 10.0. The van der Waals surface area contributed by atoms with Gasteiger partial charge in [0.15, 0.2) is 0 Å². The van der Waals surface area contributed by atoms with E-state index in [9.17, 15) is 29.1 Å². The summed E-state index contributed by atoms with van der Waals surface area (Å²) in [5, 5.41) is 23.0. The minimum absolute atomic E-state index is 0.0391. The van der Waals surface area contributed by atoms with Crippen LogP contribution in [0.2, 0.25) is 0 Å². The summed E-state index contributed by atoms with van der Waals surface area (Å²) in [6, 6.07) is -3.92. The zero-order valence-corrected chi connectivity index (χ0v) is 17.6. The maximum atomic E-state index is 12.7. The first-order chi connectivity index (χ1) is 13.9. The topological polar surface area (TPSA) is 179 Å². The van der Waals surface area contributed by atoms with E-state index in [2.05, 4.69) is 10.6 Å². The number of likely N-dealkylation sites (tertiary alicyclic amines) is 1. The van der Waals surface area contributed by atoms with Gasteiger partial charge in [-0.2, -0.15) is 0 Å². The molecular formula is C19H32N4O7. The van der Waals surface area contributed by atoms with Crippen molar-refractivity contribution in [2.24, 2.45) is 11.7 Å². The molecule has 11 heteroatoms. The van der Waals surface area contributed by atoms with Crippen LogP contribution in [0.4, 0.5) is 0 Å². The number of carboxylic acids is 2. The van der Waals surface area contributed by atoms with E-state index in [0.29, 0.717) is 19.4 Å². The summed E-state index contributed by atoms with van der Waals surface area (Å²) < 4.78 is 0. The monoisotopic (exact) mass is 428 g/mol. The van der Waals surface area contributed by atoms with E-state index < -0.39 is 53.8 Å². The molecule has 4 atom stereocenters. The van der Waals surface area contributed by atoms with E-state index >= 15 is 0 Å². The summed E-state index contributed by atoms with van der Waals surface area (Å²) in [5.74, 6) is -3.86. The smallest absolute Gasteiger partial charge is 0.326 e. The standard InChI is InChI=1S/C19H32N4O7/c1-10(2)9-13(22-16(26)12(20)6-7-15(24)25)17(27)21-11(3)18(28)23-8-4-5-14(23)19(29)30/h10-14H,4-9,20H2,1-3H3,(H,21,27)(H,22,26)(H,24,25)(H,29,30). The summed E-state index contributed by atoms with van der Waals surface area (Å²) in [5.41, 5.74) is 5.70. The summed E-state index contributed by atoms with van der Waals surface area (Å²) >= 11 is 0. The molecule has 30 heavy (non-hydrogen) atoms. The van der Waals surface area contributed by atoms with Crippen molar-refractivity contribution in [3.8, 4) is 0 Å². The molecule has 4 unspecified atom stereocenters. The highest BCUT2D eigenvalue weighted by Crippen LogP contribution is 2.18. The number of amides is 3. The molecule has 0 aliphatic carbocycles. The van der Waals surface area contributed by atoms with E-state index in [-0.39, 0.29) is 25.2 Å². The Morgan fingerprint density at radius 3 is 2.23 bits per heavy atom. The summed E-state index contributed by atoms with van der Waals surface area (Å²) in [7, 11) is 0. The number of aliphatic carboxylic acids is 2. The molecule has 11 nitrogen and oxygen atoms in total. The Balaban J connectivity index is 2.75. The molecule has 1 aliphatic rings. The molecule has 170 valence electrons. The molecule has 0 aromatic carbocycles. The Morgan fingerprint density at radius 1 is 1.07 bits per heavy atom. The average Bonchev–Trinajstić information content (AvgIpc) is 3.14. The molecule has 0 bridgehead atoms. The largest absolute Gasteiger partial charge is 0.481 e. The number of carbonyl (C=O) groups excluding carboxylic acids is 3. The minimum atomic E-state index is -1.08. The SMILES string of the molecule is CC(C)CC(NC(=O)C(N)CCC(=O)O)C(=O)NC(C)C(=O)N1CCCC1C(=O)O. The Hall–Kier alpha value is -2.69. The third-order valence-electron chi connectivity index (χ3n) is 4.90. The molecule has 0 saturated carbocycles. The van der Waals surface area contributed by atoms with Gasteiger partial charge in [-0.15, -0.1) is 0 Å². The normalized spacial score (nSPS) is 19.1. The maximum absolute atomic E-state index is 12.7. The van der Waals surface area contributed by atoms with Crippen LogP contribution in [0.5, 0.6) is 0 Å². The summed E-state index contributed by atoms with van der Waals surface area (Å²) in [4.78, 5) is 60.7. The molecular weight excluding hydrogens is 396 g/mol. The van der Waals surface area contributed by atoms with Gasteiger partial charge in [0.1, 0.15) is 18.1 Å². The highest BCUT2D eigenvalue weighted by atomic mass is 16.4. The predicted octanol–water partition coefficient (Wildman–Crippen LogP) is -0.710. The lowest BCUT2D eigenvalue weighted by molar-refractivity contribution is -0.149. The number of nitrogens with two attached hydrogens (primary N) is 1. The number of hydrogen-bond acceptors (Lipinski definition) is 6. The predicted molar refractivity (Wildman–Crippen MR) is 106 cm³/mol. The van der Waals surface area contributed by atoms with Crippen molar-refractivity contribution in [3.63, 3.8) is 0 Å². The molecule has 1 rings (SSSR count). The third-order valence-corrected chi connectivity index (χ3v) is 4.90. The van der Waals surface area contributed by atoms with E-state index in [1.165, 1.54) is 11.8 Å². The van der Waals surface area contributed by atoms with Crippen LogP contribution in [0.15, 0.2) is 0 Å². The van der Waals surface area contributed by atoms with Crippen LogP contribution in [-0.2, 0) is 24.0 Å². The van der Waals surface area contributed by atoms with Crippen molar-refractivity contribution in [1.82, 2.24) is 15.5 Å². The maximum Gasteiger partial charge on any atom is 0.326 e. The van der Waals surface area contributed by atoms with Crippen molar-refractivity contribution in [2.45, 2.75) is 77.0 Å². The molecule has 6 N–H and O–H groups in total. The molecule has 3 amide bonds. The Bertz CT molecular complexity index is 667. The number of rotatable bonds is 11. The van der Waals surface area contributed by atoms with Gasteiger partial charge in [-0.3, -0.25) is 19.2 Å². The van der Waals surface area contributed by atoms with Crippen LogP contribution in [-0.4, -0.2) is 75.5 Å². The molecule has 1 saturated heterocycles. The second-order valence-electron chi connectivity index (χ2n) is 7.99. The molecule has 0 radical (unpaired) electrons. The summed E-state index contributed by atoms with van der Waals surface area (Å²) in [6.45, 7) is 5.48. The van der Waals surface area contributed by atoms with Gasteiger partial charge in [-0.25, -0.2) is 4.79 Å². The van der Waals surface area contributed by atoms with Gasteiger partial charge in [-0.05, 0) is 38.5 Å². The number of nitrogens with one attached hydrogen (secondary N) is 2. The Kier molecular flexibility index (Phi) is 9.70. The summed E-state index contributed by atoms with van der Waals surface area (Å²) in [6.07, 6.45) is 0.872. The average molecular weight is 428 g/mol. The fraction of sp³-hybridized carbons (Fsp3) is 0.737. The number of nitrogens with zero attached hydrogens (tertiary/aromatic N) is 1. The first-order valence-electron chi connectivity index (χ1n) is 10.0. The molecule has 0 aromatic heterocycles. The molecule has 0 aromatic rings. The fourth-order valence-corrected chi connectivity index (χ4v) is 3.30. The first-order valence-corrected chi connectivity index (χ1v) is 10.0. The molecule has 1 fully saturated rings. The Labute approximate surface area is 175 Å². The van der Waals surface area contributed by atoms with Gasteiger partial charge in [0.25, 0.3) is 0 Å². The van der Waals surface area contributed by atoms with Gasteiger partial charge in [0.05, 0.1) is 6.04 Å². The zero-order chi connectivity index (χ0) is 23.0. The van der Waals surface area contributed by atoms with Crippen molar-refractivity contribution >= 4 is 29.7 Å². The van der Waals surface area contributed by atoms with E-state index in [4.69, 9.17) is 10.8 Å². The zero-order valence-electron chi connectivity index (χ0n) is 17.6. The van der Waals surface area contributed by atoms with Crippen LogP contribution in [0.1, 0.15) is 52.9 Å². The van der Waals surface area contributed by atoms with Gasteiger partial charge in [0.2, 0.25) is 17.7 Å². The van der Waals surface area contributed by atoms with Crippen LogP contribution < -0.4 is 16.4 Å². The molecule has 1 aliphatic heterocycles. The van der Waals surface area contributed by atoms with Gasteiger partial charge in [0, 0.05) is 13.0 Å². The van der Waals surface area contributed by atoms with E-state index in [0.717, 1.165) is 0 Å². The number of hydrogen-bond donors (Lipinski definition) is 5. The Morgan fingerprint density at radius 2 is 1.70 bits per heavy atom. The lowest BCUT2D eigenvalue weighted by Crippen LogP contribution is -2.56. The molecule has 0 spiro atoms. The third kappa shape index (κ3) is 7.62. The van der Waals surface area contributed by atoms with Crippen molar-refractivity contribution in [1.29, 1.82) is 0 Å². The van der Waals surface area contributed by atoms with Crippen molar-refractivity contribution in [2.75, 3.05) is 6.54 Å². The van der Waals surface area contributed by atoms with Crippen molar-refractivity contribution in [3.05, 3.63) is 0 Å². The van der Waals surface area contributed by atoms with Crippen LogP contribution >= 0.6 is 0 Å². The fourth-order valence-electron chi connectivity index (χ4n) is 3.30. The minimum Gasteiger partial charge on any atom is -0.481 e. The lowest BCUT2D eigenvalue weighted by Gasteiger charge is -2.27. The first kappa shape index (κ1) is 25.3. The second-order valence-corrected chi connectivity index (χ2v) is 7.99. The van der Waals surface area contributed by atoms with Crippen LogP contribution in [0.3, 0.4) is 0 Å².